The van der Waals surface area contributed by atoms with Gasteiger partial charge in [0.25, 0.3) is 0 Å². The van der Waals surface area contributed by atoms with E-state index in [1.807, 2.05) is 0 Å². The first kappa shape index (κ1) is 20.2. The smallest absolute Gasteiger partial charge is 0.406 e. The molecule has 0 saturated carbocycles. The van der Waals surface area contributed by atoms with Gasteiger partial charge < -0.3 is 10.1 Å². The molecular formula is C18H17F3N2O4S. The lowest BCUT2D eigenvalue weighted by Crippen LogP contribution is -2.27. The van der Waals surface area contributed by atoms with Crippen molar-refractivity contribution in [1.82, 2.24) is 4.31 Å². The number of hydrogen-bond donors (Lipinski definition) is 1. The van der Waals surface area contributed by atoms with Crippen LogP contribution in [0.1, 0.15) is 17.5 Å². The maximum Gasteiger partial charge on any atom is 0.573 e. The van der Waals surface area contributed by atoms with Gasteiger partial charge in [-0.3, -0.25) is 4.79 Å². The summed E-state index contributed by atoms with van der Waals surface area (Å²) in [6, 6.07) is 9.49. The van der Waals surface area contributed by atoms with Gasteiger partial charge in [0.2, 0.25) is 15.9 Å². The number of sulfonamides is 1. The molecule has 0 saturated heterocycles. The number of rotatable bonds is 5. The standard InChI is InChI=1S/C18H17F3N2O4S/c1-23(11-12-2-5-14(6-3-12)27-18(19,20)21)28(25,26)15-7-8-16-13(10-15)4-9-17(24)22-16/h2-3,5-8,10H,4,9,11H2,1H3,(H,22,24). The highest BCUT2D eigenvalue weighted by atomic mass is 32.2. The summed E-state index contributed by atoms with van der Waals surface area (Å²) in [5.41, 5.74) is 1.84. The molecule has 10 heteroatoms. The molecule has 1 aliphatic rings. The molecule has 6 nitrogen and oxygen atoms in total. The van der Waals surface area contributed by atoms with Crippen LogP contribution in [-0.4, -0.2) is 32.0 Å². The summed E-state index contributed by atoms with van der Waals surface area (Å²) < 4.78 is 67.1. The SMILES string of the molecule is CN(Cc1ccc(OC(F)(F)F)cc1)S(=O)(=O)c1ccc2c(c1)CCC(=O)N2. The molecule has 0 radical (unpaired) electrons. The number of halogens is 3. The summed E-state index contributed by atoms with van der Waals surface area (Å²) >= 11 is 0. The van der Waals surface area contributed by atoms with Crippen molar-refractivity contribution in [1.29, 1.82) is 0 Å². The largest absolute Gasteiger partial charge is 0.573 e. The molecule has 0 unspecified atom stereocenters. The Labute approximate surface area is 160 Å². The van der Waals surface area contributed by atoms with Gasteiger partial charge in [-0.15, -0.1) is 13.2 Å². The van der Waals surface area contributed by atoms with E-state index in [-0.39, 0.29) is 23.1 Å². The van der Waals surface area contributed by atoms with Gasteiger partial charge in [-0.05, 0) is 47.9 Å². The summed E-state index contributed by atoms with van der Waals surface area (Å²) in [7, 11) is -2.43. The highest BCUT2D eigenvalue weighted by molar-refractivity contribution is 7.89. The lowest BCUT2D eigenvalue weighted by molar-refractivity contribution is -0.274. The molecule has 0 spiro atoms. The zero-order chi connectivity index (χ0) is 20.5. The minimum absolute atomic E-state index is 0.0253. The number of carbonyl (C=O) groups is 1. The van der Waals surface area contributed by atoms with Crippen LogP contribution in [0.2, 0.25) is 0 Å². The number of fused-ring (bicyclic) bond motifs is 1. The highest BCUT2D eigenvalue weighted by Crippen LogP contribution is 2.28. The second kappa shape index (κ2) is 7.44. The molecule has 28 heavy (non-hydrogen) atoms. The second-order valence-electron chi connectivity index (χ2n) is 6.32. The number of alkyl halides is 3. The van der Waals surface area contributed by atoms with Gasteiger partial charge in [0.1, 0.15) is 5.75 Å². The zero-order valence-corrected chi connectivity index (χ0v) is 15.6. The summed E-state index contributed by atoms with van der Waals surface area (Å²) in [6.07, 6.45) is -4.04. The van der Waals surface area contributed by atoms with Crippen LogP contribution in [0.3, 0.4) is 0 Å². The first-order chi connectivity index (χ1) is 13.0. The van der Waals surface area contributed by atoms with E-state index in [0.717, 1.165) is 22.0 Å². The highest BCUT2D eigenvalue weighted by Gasteiger charge is 2.31. The molecule has 0 aromatic heterocycles. The molecule has 1 N–H and O–H groups in total. The Balaban J connectivity index is 1.74. The van der Waals surface area contributed by atoms with E-state index in [1.54, 1.807) is 6.07 Å². The Bertz CT molecular complexity index is 989. The Kier molecular flexibility index (Phi) is 5.35. The van der Waals surface area contributed by atoms with Crippen LogP contribution >= 0.6 is 0 Å². The lowest BCUT2D eigenvalue weighted by atomic mass is 10.0. The van der Waals surface area contributed by atoms with E-state index in [2.05, 4.69) is 10.1 Å². The van der Waals surface area contributed by atoms with Crippen molar-refractivity contribution in [2.24, 2.45) is 0 Å². The van der Waals surface area contributed by atoms with Crippen LogP contribution in [0.5, 0.6) is 5.75 Å². The third-order valence-corrected chi connectivity index (χ3v) is 6.04. The second-order valence-corrected chi connectivity index (χ2v) is 8.36. The van der Waals surface area contributed by atoms with Gasteiger partial charge in [-0.2, -0.15) is 4.31 Å². The number of nitrogens with zero attached hydrogens (tertiary/aromatic N) is 1. The van der Waals surface area contributed by atoms with Crippen molar-refractivity contribution >= 4 is 21.6 Å². The van der Waals surface area contributed by atoms with Crippen LogP contribution in [-0.2, 0) is 27.8 Å². The number of nitrogens with one attached hydrogen (secondary N) is 1. The fourth-order valence-corrected chi connectivity index (χ4v) is 4.05. The van der Waals surface area contributed by atoms with Crippen molar-refractivity contribution in [3.8, 4) is 5.75 Å². The van der Waals surface area contributed by atoms with Crippen molar-refractivity contribution in [3.05, 3.63) is 53.6 Å². The molecule has 1 amide bonds. The Morgan fingerprint density at radius 3 is 2.43 bits per heavy atom. The fourth-order valence-electron chi connectivity index (χ4n) is 2.84. The van der Waals surface area contributed by atoms with Crippen LogP contribution in [0, 0.1) is 0 Å². The van der Waals surface area contributed by atoms with Crippen LogP contribution in [0.25, 0.3) is 0 Å². The first-order valence-corrected chi connectivity index (χ1v) is 9.72. The van der Waals surface area contributed by atoms with E-state index < -0.39 is 16.4 Å². The molecular weight excluding hydrogens is 397 g/mol. The number of hydrogen-bond acceptors (Lipinski definition) is 4. The van der Waals surface area contributed by atoms with Gasteiger partial charge in [0, 0.05) is 25.7 Å². The Morgan fingerprint density at radius 2 is 1.79 bits per heavy atom. The van der Waals surface area contributed by atoms with E-state index in [1.165, 1.54) is 31.3 Å². The molecule has 0 bridgehead atoms. The predicted octanol–water partition coefficient (Wildman–Crippen LogP) is 3.29. The normalized spacial score (nSPS) is 14.5. The summed E-state index contributed by atoms with van der Waals surface area (Å²) in [6.45, 7) is -0.0253. The van der Waals surface area contributed by atoms with E-state index in [4.69, 9.17) is 0 Å². The molecule has 2 aromatic carbocycles. The van der Waals surface area contributed by atoms with Crippen molar-refractivity contribution in [2.75, 3.05) is 12.4 Å². The molecule has 1 aliphatic heterocycles. The molecule has 0 fully saturated rings. The van der Waals surface area contributed by atoms with Crippen molar-refractivity contribution < 1.29 is 31.1 Å². The average molecular weight is 414 g/mol. The Hall–Kier alpha value is -2.59. The zero-order valence-electron chi connectivity index (χ0n) is 14.8. The molecule has 1 heterocycles. The van der Waals surface area contributed by atoms with E-state index in [9.17, 15) is 26.4 Å². The molecule has 0 atom stereocenters. The number of anilines is 1. The molecule has 2 aromatic rings. The lowest BCUT2D eigenvalue weighted by Gasteiger charge is -2.21. The number of benzene rings is 2. The monoisotopic (exact) mass is 414 g/mol. The topological polar surface area (TPSA) is 75.7 Å². The minimum atomic E-state index is -4.78. The minimum Gasteiger partial charge on any atom is -0.406 e. The molecule has 0 aliphatic carbocycles. The van der Waals surface area contributed by atoms with E-state index in [0.29, 0.717) is 24.1 Å². The van der Waals surface area contributed by atoms with Gasteiger partial charge >= 0.3 is 6.36 Å². The van der Waals surface area contributed by atoms with Crippen molar-refractivity contribution in [2.45, 2.75) is 30.6 Å². The van der Waals surface area contributed by atoms with Crippen LogP contribution < -0.4 is 10.1 Å². The first-order valence-electron chi connectivity index (χ1n) is 8.28. The number of amides is 1. The Morgan fingerprint density at radius 1 is 1.11 bits per heavy atom. The van der Waals surface area contributed by atoms with Gasteiger partial charge in [-0.25, -0.2) is 8.42 Å². The maximum atomic E-state index is 12.8. The third kappa shape index (κ3) is 4.63. The number of ether oxygens (including phenoxy) is 1. The number of aryl methyl sites for hydroxylation is 1. The fraction of sp³-hybridized carbons (Fsp3) is 0.278. The van der Waals surface area contributed by atoms with Gasteiger partial charge in [0.05, 0.1) is 4.90 Å². The van der Waals surface area contributed by atoms with Crippen LogP contribution in [0.4, 0.5) is 18.9 Å². The van der Waals surface area contributed by atoms with E-state index >= 15 is 0 Å². The molecule has 150 valence electrons. The summed E-state index contributed by atoms with van der Waals surface area (Å²) in [5, 5.41) is 2.69. The average Bonchev–Trinajstić information content (AvgIpc) is 2.61. The summed E-state index contributed by atoms with van der Waals surface area (Å²) in [5.74, 6) is -0.489. The summed E-state index contributed by atoms with van der Waals surface area (Å²) in [4.78, 5) is 11.5. The van der Waals surface area contributed by atoms with Crippen molar-refractivity contribution in [3.63, 3.8) is 0 Å². The quantitative estimate of drug-likeness (QED) is 0.815. The van der Waals surface area contributed by atoms with Gasteiger partial charge in [0.15, 0.2) is 0 Å². The predicted molar refractivity (Wildman–Crippen MR) is 95.2 cm³/mol. The van der Waals surface area contributed by atoms with Crippen LogP contribution in [0.15, 0.2) is 47.4 Å². The third-order valence-electron chi connectivity index (χ3n) is 4.24. The number of carbonyl (C=O) groups excluding carboxylic acids is 1. The molecule has 3 rings (SSSR count). The maximum absolute atomic E-state index is 12.8. The van der Waals surface area contributed by atoms with Gasteiger partial charge in [-0.1, -0.05) is 12.1 Å².